The molecular weight excluding hydrogens is 269 g/mol. The van der Waals surface area contributed by atoms with Gasteiger partial charge in [-0.3, -0.25) is 0 Å². The van der Waals surface area contributed by atoms with Crippen molar-refractivity contribution in [3.8, 4) is 11.4 Å². The number of aryl methyl sites for hydroxylation is 1. The number of benzene rings is 1. The molecule has 0 aliphatic carbocycles. The number of halogens is 1. The average molecular weight is 289 g/mol. The van der Waals surface area contributed by atoms with E-state index in [1.165, 1.54) is 12.1 Å². The maximum absolute atomic E-state index is 13.6. The summed E-state index contributed by atoms with van der Waals surface area (Å²) in [6.45, 7) is 5.15. The van der Waals surface area contributed by atoms with Gasteiger partial charge in [-0.25, -0.2) is 14.4 Å². The van der Waals surface area contributed by atoms with Crippen LogP contribution in [0.1, 0.15) is 24.6 Å². The molecule has 21 heavy (non-hydrogen) atoms. The molecule has 1 heterocycles. The van der Waals surface area contributed by atoms with Gasteiger partial charge in [0.1, 0.15) is 11.6 Å². The lowest BCUT2D eigenvalue weighted by molar-refractivity contribution is 0.181. The number of hydrogen-bond acceptors (Lipinski definition) is 4. The second-order valence-electron chi connectivity index (χ2n) is 4.95. The molecule has 0 unspecified atom stereocenters. The maximum atomic E-state index is 13.6. The van der Waals surface area contributed by atoms with Gasteiger partial charge in [0.2, 0.25) is 0 Å². The summed E-state index contributed by atoms with van der Waals surface area (Å²) < 4.78 is 18.7. The van der Waals surface area contributed by atoms with Crippen molar-refractivity contribution in [2.75, 3.05) is 19.0 Å². The van der Waals surface area contributed by atoms with Crippen molar-refractivity contribution in [3.05, 3.63) is 41.3 Å². The lowest BCUT2D eigenvalue weighted by Crippen LogP contribution is -2.06. The number of nitrogens with zero attached hydrogens (tertiary/aromatic N) is 2. The fourth-order valence-corrected chi connectivity index (χ4v) is 2.06. The van der Waals surface area contributed by atoms with Crippen molar-refractivity contribution in [3.63, 3.8) is 0 Å². The van der Waals surface area contributed by atoms with Crippen molar-refractivity contribution in [2.45, 2.75) is 26.9 Å². The van der Waals surface area contributed by atoms with E-state index in [-0.39, 0.29) is 5.82 Å². The van der Waals surface area contributed by atoms with E-state index < -0.39 is 0 Å². The predicted molar refractivity (Wildman–Crippen MR) is 81.7 cm³/mol. The Kier molecular flexibility index (Phi) is 5.22. The van der Waals surface area contributed by atoms with Crippen molar-refractivity contribution in [1.82, 2.24) is 9.97 Å². The number of rotatable bonds is 6. The average Bonchev–Trinajstić information content (AvgIpc) is 2.44. The van der Waals surface area contributed by atoms with Gasteiger partial charge in [-0.2, -0.15) is 0 Å². The third kappa shape index (κ3) is 4.23. The fraction of sp³-hybridized carbons (Fsp3) is 0.375. The molecule has 0 fully saturated rings. The smallest absolute Gasteiger partial charge is 0.161 e. The van der Waals surface area contributed by atoms with E-state index in [9.17, 15) is 4.39 Å². The Morgan fingerprint density at radius 3 is 2.67 bits per heavy atom. The quantitative estimate of drug-likeness (QED) is 0.883. The van der Waals surface area contributed by atoms with Crippen molar-refractivity contribution >= 4 is 5.82 Å². The van der Waals surface area contributed by atoms with Gasteiger partial charge in [-0.05, 0) is 37.1 Å². The SMILES string of the molecule is CCCNc1cc(COC)nc(-c2cc(C)cc(F)c2)n1. The van der Waals surface area contributed by atoms with Crippen molar-refractivity contribution < 1.29 is 9.13 Å². The molecule has 1 aromatic heterocycles. The minimum absolute atomic E-state index is 0.284. The molecule has 0 radical (unpaired) electrons. The predicted octanol–water partition coefficient (Wildman–Crippen LogP) is 3.56. The molecule has 0 saturated carbocycles. The van der Waals surface area contributed by atoms with Crippen LogP contribution < -0.4 is 5.32 Å². The van der Waals surface area contributed by atoms with Crippen LogP contribution >= 0.6 is 0 Å². The van der Waals surface area contributed by atoms with Gasteiger partial charge in [0.05, 0.1) is 12.3 Å². The van der Waals surface area contributed by atoms with E-state index in [4.69, 9.17) is 4.74 Å². The molecule has 1 N–H and O–H groups in total. The number of methoxy groups -OCH3 is 1. The summed E-state index contributed by atoms with van der Waals surface area (Å²) in [6.07, 6.45) is 0.998. The second-order valence-corrected chi connectivity index (χ2v) is 4.95. The van der Waals surface area contributed by atoms with Gasteiger partial charge >= 0.3 is 0 Å². The number of hydrogen-bond donors (Lipinski definition) is 1. The summed E-state index contributed by atoms with van der Waals surface area (Å²) in [6, 6.07) is 6.66. The molecule has 0 atom stereocenters. The summed E-state index contributed by atoms with van der Waals surface area (Å²) in [5, 5.41) is 3.23. The Labute approximate surface area is 124 Å². The standard InChI is InChI=1S/C16H20FN3O/c1-4-5-18-15-9-14(10-21-3)19-16(20-15)12-6-11(2)7-13(17)8-12/h6-9H,4-5,10H2,1-3H3,(H,18,19,20). The van der Waals surface area contributed by atoms with Crippen LogP contribution in [0.4, 0.5) is 10.2 Å². The van der Waals surface area contributed by atoms with Crippen LogP contribution in [-0.4, -0.2) is 23.6 Å². The van der Waals surface area contributed by atoms with Crippen molar-refractivity contribution in [2.24, 2.45) is 0 Å². The zero-order chi connectivity index (χ0) is 15.2. The van der Waals surface area contributed by atoms with Gasteiger partial charge in [0.25, 0.3) is 0 Å². The molecule has 0 bridgehead atoms. The molecule has 1 aromatic carbocycles. The highest BCUT2D eigenvalue weighted by atomic mass is 19.1. The van der Waals surface area contributed by atoms with Crippen LogP contribution in [0.15, 0.2) is 24.3 Å². The summed E-state index contributed by atoms with van der Waals surface area (Å²) in [5.74, 6) is 0.954. The van der Waals surface area contributed by atoms with Crippen molar-refractivity contribution in [1.29, 1.82) is 0 Å². The van der Waals surface area contributed by atoms with Gasteiger partial charge in [0, 0.05) is 25.3 Å². The monoisotopic (exact) mass is 289 g/mol. The van der Waals surface area contributed by atoms with Crippen LogP contribution in [0.5, 0.6) is 0 Å². The first-order chi connectivity index (χ1) is 10.1. The van der Waals surface area contributed by atoms with E-state index in [0.717, 1.165) is 30.0 Å². The van der Waals surface area contributed by atoms with Gasteiger partial charge in [0.15, 0.2) is 5.82 Å². The number of ether oxygens (including phenoxy) is 1. The summed E-state index contributed by atoms with van der Waals surface area (Å²) in [5.41, 5.74) is 2.28. The largest absolute Gasteiger partial charge is 0.378 e. The minimum Gasteiger partial charge on any atom is -0.378 e. The molecule has 0 spiro atoms. The molecule has 0 aliphatic rings. The van der Waals surface area contributed by atoms with E-state index in [0.29, 0.717) is 18.0 Å². The normalized spacial score (nSPS) is 10.7. The van der Waals surface area contributed by atoms with Crippen LogP contribution in [-0.2, 0) is 11.3 Å². The van der Waals surface area contributed by atoms with Gasteiger partial charge in [-0.15, -0.1) is 0 Å². The first kappa shape index (κ1) is 15.4. The van der Waals surface area contributed by atoms with Crippen LogP contribution in [0, 0.1) is 12.7 Å². The molecule has 0 aliphatic heterocycles. The Bertz CT molecular complexity index is 596. The number of anilines is 1. The minimum atomic E-state index is -0.284. The fourth-order valence-electron chi connectivity index (χ4n) is 2.06. The van der Waals surface area contributed by atoms with Gasteiger partial charge in [-0.1, -0.05) is 6.92 Å². The third-order valence-corrected chi connectivity index (χ3v) is 2.93. The Morgan fingerprint density at radius 2 is 2.00 bits per heavy atom. The molecule has 2 rings (SSSR count). The molecule has 112 valence electrons. The van der Waals surface area contributed by atoms with E-state index in [1.54, 1.807) is 7.11 Å². The zero-order valence-corrected chi connectivity index (χ0v) is 12.6. The summed E-state index contributed by atoms with van der Waals surface area (Å²) >= 11 is 0. The zero-order valence-electron chi connectivity index (χ0n) is 12.6. The Morgan fingerprint density at radius 1 is 1.19 bits per heavy atom. The highest BCUT2D eigenvalue weighted by Crippen LogP contribution is 2.21. The summed E-state index contributed by atoms with van der Waals surface area (Å²) in [7, 11) is 1.62. The molecule has 2 aromatic rings. The lowest BCUT2D eigenvalue weighted by Gasteiger charge is -2.10. The van der Waals surface area contributed by atoms with Gasteiger partial charge < -0.3 is 10.1 Å². The first-order valence-corrected chi connectivity index (χ1v) is 7.00. The third-order valence-electron chi connectivity index (χ3n) is 2.93. The van der Waals surface area contributed by atoms with E-state index in [1.807, 2.05) is 19.1 Å². The van der Waals surface area contributed by atoms with Crippen LogP contribution in [0.3, 0.4) is 0 Å². The molecule has 5 heteroatoms. The van der Waals surface area contributed by atoms with E-state index in [2.05, 4.69) is 22.2 Å². The highest BCUT2D eigenvalue weighted by molar-refractivity contribution is 5.58. The molecular formula is C16H20FN3O. The first-order valence-electron chi connectivity index (χ1n) is 7.00. The number of nitrogens with one attached hydrogen (secondary N) is 1. The number of aromatic nitrogens is 2. The van der Waals surface area contributed by atoms with Crippen LogP contribution in [0.2, 0.25) is 0 Å². The second kappa shape index (κ2) is 7.13. The topological polar surface area (TPSA) is 47.0 Å². The Hall–Kier alpha value is -2.01. The molecule has 0 saturated heterocycles. The molecule has 4 nitrogen and oxygen atoms in total. The van der Waals surface area contributed by atoms with Crippen LogP contribution in [0.25, 0.3) is 11.4 Å². The lowest BCUT2D eigenvalue weighted by atomic mass is 10.1. The molecule has 0 amide bonds. The Balaban J connectivity index is 2.42. The highest BCUT2D eigenvalue weighted by Gasteiger charge is 2.09. The summed E-state index contributed by atoms with van der Waals surface area (Å²) in [4.78, 5) is 8.90. The maximum Gasteiger partial charge on any atom is 0.161 e. The van der Waals surface area contributed by atoms with E-state index >= 15 is 0 Å².